The number of hydrogen-bond acceptors (Lipinski definition) is 4. The molecular formula is C16H21F3N2O3. The summed E-state index contributed by atoms with van der Waals surface area (Å²) in [7, 11) is 0. The smallest absolute Gasteiger partial charge is 0.422 e. The SMILES string of the molecule is CC1CC(CN)CN1C(=O)COc1ccccc1OCC(F)(F)F. The second kappa shape index (κ2) is 7.74. The monoisotopic (exact) mass is 346 g/mol. The molecule has 2 N–H and O–H groups in total. The molecule has 0 saturated carbocycles. The zero-order chi connectivity index (χ0) is 17.7. The molecule has 1 aliphatic rings. The van der Waals surface area contributed by atoms with Crippen molar-refractivity contribution in [1.29, 1.82) is 0 Å². The van der Waals surface area contributed by atoms with E-state index in [0.717, 1.165) is 6.42 Å². The highest BCUT2D eigenvalue weighted by Gasteiger charge is 2.32. The lowest BCUT2D eigenvalue weighted by molar-refractivity contribution is -0.153. The van der Waals surface area contributed by atoms with Crippen molar-refractivity contribution in [2.24, 2.45) is 11.7 Å². The van der Waals surface area contributed by atoms with Crippen LogP contribution >= 0.6 is 0 Å². The first-order valence-electron chi connectivity index (χ1n) is 7.71. The molecule has 134 valence electrons. The quantitative estimate of drug-likeness (QED) is 0.858. The van der Waals surface area contributed by atoms with Gasteiger partial charge in [0, 0.05) is 12.6 Å². The van der Waals surface area contributed by atoms with Crippen LogP contribution < -0.4 is 15.2 Å². The Bertz CT molecular complexity index is 566. The number of rotatable bonds is 6. The Kier molecular flexibility index (Phi) is 5.93. The minimum absolute atomic E-state index is 0.0445. The van der Waals surface area contributed by atoms with Gasteiger partial charge in [0.25, 0.3) is 5.91 Å². The molecule has 0 spiro atoms. The van der Waals surface area contributed by atoms with Crippen molar-refractivity contribution in [3.8, 4) is 11.5 Å². The van der Waals surface area contributed by atoms with Crippen molar-refractivity contribution in [3.63, 3.8) is 0 Å². The van der Waals surface area contributed by atoms with Crippen molar-refractivity contribution < 1.29 is 27.4 Å². The number of hydrogen-bond donors (Lipinski definition) is 1. The third kappa shape index (κ3) is 5.02. The van der Waals surface area contributed by atoms with Crippen LogP contribution in [-0.2, 0) is 4.79 Å². The number of halogens is 3. The van der Waals surface area contributed by atoms with Gasteiger partial charge < -0.3 is 20.1 Å². The van der Waals surface area contributed by atoms with Crippen molar-refractivity contribution in [3.05, 3.63) is 24.3 Å². The van der Waals surface area contributed by atoms with Crippen LogP contribution in [0.25, 0.3) is 0 Å². The van der Waals surface area contributed by atoms with Crippen molar-refractivity contribution >= 4 is 5.91 Å². The number of nitrogens with zero attached hydrogens (tertiary/aromatic N) is 1. The third-order valence-corrected chi connectivity index (χ3v) is 3.91. The van der Waals surface area contributed by atoms with E-state index in [2.05, 4.69) is 0 Å². The van der Waals surface area contributed by atoms with Gasteiger partial charge in [0.1, 0.15) is 0 Å². The Morgan fingerprint density at radius 1 is 1.29 bits per heavy atom. The molecule has 1 aromatic carbocycles. The van der Waals surface area contributed by atoms with Crippen molar-refractivity contribution in [2.75, 3.05) is 26.3 Å². The van der Waals surface area contributed by atoms with E-state index in [-0.39, 0.29) is 36.0 Å². The standard InChI is InChI=1S/C16H21F3N2O3/c1-11-6-12(7-20)8-21(11)15(22)9-23-13-4-2-3-5-14(13)24-10-16(17,18)19/h2-5,11-12H,6-10,20H2,1H3. The molecule has 0 aromatic heterocycles. The lowest BCUT2D eigenvalue weighted by Gasteiger charge is -2.22. The summed E-state index contributed by atoms with van der Waals surface area (Å²) in [6.45, 7) is 1.36. The summed E-state index contributed by atoms with van der Waals surface area (Å²) in [6.07, 6.45) is -3.60. The molecule has 0 aliphatic carbocycles. The molecular weight excluding hydrogens is 325 g/mol. The van der Waals surface area contributed by atoms with Crippen LogP contribution in [0.15, 0.2) is 24.3 Å². The number of likely N-dealkylation sites (tertiary alicyclic amines) is 1. The number of amides is 1. The average molecular weight is 346 g/mol. The zero-order valence-electron chi connectivity index (χ0n) is 13.4. The molecule has 1 saturated heterocycles. The lowest BCUT2D eigenvalue weighted by atomic mass is 10.1. The van der Waals surface area contributed by atoms with Crippen molar-refractivity contribution in [2.45, 2.75) is 25.6 Å². The van der Waals surface area contributed by atoms with E-state index in [9.17, 15) is 18.0 Å². The Balaban J connectivity index is 1.93. The summed E-state index contributed by atoms with van der Waals surface area (Å²) in [5.41, 5.74) is 5.63. The van der Waals surface area contributed by atoms with Crippen LogP contribution in [0, 0.1) is 5.92 Å². The normalized spacial score (nSPS) is 21.0. The maximum Gasteiger partial charge on any atom is 0.422 e. The van der Waals surface area contributed by atoms with Gasteiger partial charge in [0.05, 0.1) is 0 Å². The molecule has 2 rings (SSSR count). The number of nitrogens with two attached hydrogens (primary N) is 1. The predicted molar refractivity (Wildman–Crippen MR) is 81.8 cm³/mol. The molecule has 1 aromatic rings. The first-order chi connectivity index (χ1) is 11.3. The molecule has 2 atom stereocenters. The zero-order valence-corrected chi connectivity index (χ0v) is 13.4. The number of alkyl halides is 3. The largest absolute Gasteiger partial charge is 0.480 e. The van der Waals surface area contributed by atoms with Gasteiger partial charge in [0.15, 0.2) is 24.7 Å². The van der Waals surface area contributed by atoms with E-state index in [4.69, 9.17) is 15.2 Å². The second-order valence-corrected chi connectivity index (χ2v) is 5.87. The fraction of sp³-hybridized carbons (Fsp3) is 0.562. The van der Waals surface area contributed by atoms with Gasteiger partial charge in [-0.25, -0.2) is 0 Å². The predicted octanol–water partition coefficient (Wildman–Crippen LogP) is 2.20. The summed E-state index contributed by atoms with van der Waals surface area (Å²) in [6, 6.07) is 6.05. The Morgan fingerprint density at radius 2 is 1.92 bits per heavy atom. The van der Waals surface area contributed by atoms with Gasteiger partial charge in [-0.1, -0.05) is 12.1 Å². The number of benzene rings is 1. The molecule has 1 amide bonds. The van der Waals surface area contributed by atoms with E-state index in [1.165, 1.54) is 18.2 Å². The van der Waals surface area contributed by atoms with E-state index in [0.29, 0.717) is 13.1 Å². The summed E-state index contributed by atoms with van der Waals surface area (Å²) < 4.78 is 46.9. The van der Waals surface area contributed by atoms with Gasteiger partial charge in [-0.15, -0.1) is 0 Å². The van der Waals surface area contributed by atoms with Crippen molar-refractivity contribution in [1.82, 2.24) is 4.90 Å². The first-order valence-corrected chi connectivity index (χ1v) is 7.71. The number of carbonyl (C=O) groups is 1. The molecule has 5 nitrogen and oxygen atoms in total. The Hall–Kier alpha value is -1.96. The van der Waals surface area contributed by atoms with Gasteiger partial charge in [-0.2, -0.15) is 13.2 Å². The average Bonchev–Trinajstić information content (AvgIpc) is 2.92. The van der Waals surface area contributed by atoms with Gasteiger partial charge in [-0.3, -0.25) is 4.79 Å². The third-order valence-electron chi connectivity index (χ3n) is 3.91. The minimum Gasteiger partial charge on any atom is -0.480 e. The molecule has 2 unspecified atom stereocenters. The number of para-hydroxylation sites is 2. The fourth-order valence-electron chi connectivity index (χ4n) is 2.73. The van der Waals surface area contributed by atoms with E-state index < -0.39 is 12.8 Å². The Labute approximate surface area is 138 Å². The molecule has 0 bridgehead atoms. The van der Waals surface area contributed by atoms with Crippen LogP contribution in [-0.4, -0.2) is 49.3 Å². The topological polar surface area (TPSA) is 64.8 Å². The molecule has 1 aliphatic heterocycles. The van der Waals surface area contributed by atoms with Gasteiger partial charge in [0.2, 0.25) is 0 Å². The maximum absolute atomic E-state index is 12.3. The minimum atomic E-state index is -4.44. The van der Waals surface area contributed by atoms with Crippen LogP contribution in [0.5, 0.6) is 11.5 Å². The van der Waals surface area contributed by atoms with Gasteiger partial charge in [-0.05, 0) is 37.9 Å². The molecule has 24 heavy (non-hydrogen) atoms. The van der Waals surface area contributed by atoms with Crippen LogP contribution in [0.2, 0.25) is 0 Å². The highest BCUT2D eigenvalue weighted by molar-refractivity contribution is 5.78. The van der Waals surface area contributed by atoms with Crippen LogP contribution in [0.3, 0.4) is 0 Å². The van der Waals surface area contributed by atoms with Crippen LogP contribution in [0.4, 0.5) is 13.2 Å². The highest BCUT2D eigenvalue weighted by atomic mass is 19.4. The maximum atomic E-state index is 12.3. The lowest BCUT2D eigenvalue weighted by Crippen LogP contribution is -2.37. The molecule has 1 heterocycles. The number of ether oxygens (including phenoxy) is 2. The van der Waals surface area contributed by atoms with Gasteiger partial charge >= 0.3 is 6.18 Å². The molecule has 1 fully saturated rings. The fourth-order valence-corrected chi connectivity index (χ4v) is 2.73. The summed E-state index contributed by atoms with van der Waals surface area (Å²) in [4.78, 5) is 13.9. The Morgan fingerprint density at radius 3 is 2.46 bits per heavy atom. The summed E-state index contributed by atoms with van der Waals surface area (Å²) >= 11 is 0. The van der Waals surface area contributed by atoms with E-state index in [1.54, 1.807) is 11.0 Å². The van der Waals surface area contributed by atoms with E-state index in [1.807, 2.05) is 6.92 Å². The van der Waals surface area contributed by atoms with Crippen LogP contribution in [0.1, 0.15) is 13.3 Å². The van der Waals surface area contributed by atoms with E-state index >= 15 is 0 Å². The second-order valence-electron chi connectivity index (χ2n) is 5.87. The summed E-state index contributed by atoms with van der Waals surface area (Å²) in [5, 5.41) is 0. The molecule has 0 radical (unpaired) electrons. The summed E-state index contributed by atoms with van der Waals surface area (Å²) in [5.74, 6) is 0.115. The highest BCUT2D eigenvalue weighted by Crippen LogP contribution is 2.29. The number of carbonyl (C=O) groups excluding carboxylic acids is 1. The molecule has 8 heteroatoms. The first kappa shape index (κ1) is 18.4.